The number of ether oxygens (including phenoxy) is 1. The summed E-state index contributed by atoms with van der Waals surface area (Å²) in [5, 5.41) is 3.75. The Labute approximate surface area is 117 Å². The zero-order valence-corrected chi connectivity index (χ0v) is 12.5. The molecular weight excluding hydrogens is 234 g/mol. The molecule has 0 heterocycles. The molecule has 0 spiro atoms. The lowest BCUT2D eigenvalue weighted by Crippen LogP contribution is -2.34. The van der Waals surface area contributed by atoms with E-state index in [0.717, 1.165) is 13.0 Å². The standard InChI is InChI=1S/C17H27NO/c1-4-11-18-17-15(12-13(2)19-3)10-9-14-7-5-6-8-16(14)17/h5-8,13,15,17-18H,4,9-12H2,1-3H3. The predicted octanol–water partition coefficient (Wildman–Crippen LogP) is 3.71. The van der Waals surface area contributed by atoms with Crippen LogP contribution in [0.2, 0.25) is 0 Å². The van der Waals surface area contributed by atoms with Gasteiger partial charge in [0.05, 0.1) is 6.10 Å². The van der Waals surface area contributed by atoms with Gasteiger partial charge in [0.15, 0.2) is 0 Å². The molecule has 0 saturated heterocycles. The van der Waals surface area contributed by atoms with E-state index in [-0.39, 0.29) is 0 Å². The molecule has 3 atom stereocenters. The van der Waals surface area contributed by atoms with Gasteiger partial charge in [-0.15, -0.1) is 0 Å². The van der Waals surface area contributed by atoms with Gasteiger partial charge in [0, 0.05) is 13.2 Å². The molecule has 2 rings (SSSR count). The first-order valence-electron chi connectivity index (χ1n) is 7.60. The summed E-state index contributed by atoms with van der Waals surface area (Å²) in [6.07, 6.45) is 5.16. The van der Waals surface area contributed by atoms with Crippen LogP contribution in [0.1, 0.15) is 50.3 Å². The molecule has 3 unspecified atom stereocenters. The first-order chi connectivity index (χ1) is 9.26. The highest BCUT2D eigenvalue weighted by atomic mass is 16.5. The first-order valence-corrected chi connectivity index (χ1v) is 7.60. The van der Waals surface area contributed by atoms with E-state index >= 15 is 0 Å². The Morgan fingerprint density at radius 3 is 2.89 bits per heavy atom. The van der Waals surface area contributed by atoms with E-state index in [2.05, 4.69) is 43.4 Å². The molecule has 0 amide bonds. The molecule has 106 valence electrons. The number of methoxy groups -OCH3 is 1. The normalized spacial score (nSPS) is 23.9. The summed E-state index contributed by atoms with van der Waals surface area (Å²) < 4.78 is 5.47. The maximum absolute atomic E-state index is 5.47. The van der Waals surface area contributed by atoms with Crippen molar-refractivity contribution in [2.75, 3.05) is 13.7 Å². The predicted molar refractivity (Wildman–Crippen MR) is 80.4 cm³/mol. The van der Waals surface area contributed by atoms with E-state index in [9.17, 15) is 0 Å². The molecule has 1 aliphatic carbocycles. The van der Waals surface area contributed by atoms with Crippen LogP contribution in [0, 0.1) is 5.92 Å². The largest absolute Gasteiger partial charge is 0.382 e. The second-order valence-corrected chi connectivity index (χ2v) is 5.71. The van der Waals surface area contributed by atoms with Crippen LogP contribution in [0.25, 0.3) is 0 Å². The number of hydrogen-bond donors (Lipinski definition) is 1. The average molecular weight is 261 g/mol. The van der Waals surface area contributed by atoms with Crippen molar-refractivity contribution in [3.63, 3.8) is 0 Å². The van der Waals surface area contributed by atoms with Crippen LogP contribution in [-0.4, -0.2) is 19.8 Å². The molecule has 2 nitrogen and oxygen atoms in total. The molecule has 2 heteroatoms. The fourth-order valence-electron chi connectivity index (χ4n) is 3.18. The third-order valence-electron chi connectivity index (χ3n) is 4.30. The fourth-order valence-corrected chi connectivity index (χ4v) is 3.18. The van der Waals surface area contributed by atoms with E-state index in [0.29, 0.717) is 18.1 Å². The van der Waals surface area contributed by atoms with Gasteiger partial charge in [-0.05, 0) is 56.2 Å². The SMILES string of the molecule is CCCNC1c2ccccc2CCC1CC(C)OC. The topological polar surface area (TPSA) is 21.3 Å². The summed E-state index contributed by atoms with van der Waals surface area (Å²) in [7, 11) is 1.82. The van der Waals surface area contributed by atoms with Gasteiger partial charge >= 0.3 is 0 Å². The maximum atomic E-state index is 5.47. The Morgan fingerprint density at radius 2 is 2.16 bits per heavy atom. The molecule has 0 fully saturated rings. The van der Waals surface area contributed by atoms with Crippen molar-refractivity contribution in [1.82, 2.24) is 5.32 Å². The Balaban J connectivity index is 2.16. The Hall–Kier alpha value is -0.860. The zero-order valence-electron chi connectivity index (χ0n) is 12.5. The van der Waals surface area contributed by atoms with Crippen LogP contribution in [-0.2, 0) is 11.2 Å². The van der Waals surface area contributed by atoms with Crippen LogP contribution >= 0.6 is 0 Å². The quantitative estimate of drug-likeness (QED) is 0.843. The van der Waals surface area contributed by atoms with Gasteiger partial charge in [-0.1, -0.05) is 31.2 Å². The second-order valence-electron chi connectivity index (χ2n) is 5.71. The van der Waals surface area contributed by atoms with Crippen molar-refractivity contribution >= 4 is 0 Å². The lowest BCUT2D eigenvalue weighted by Gasteiger charge is -2.35. The second kappa shape index (κ2) is 7.06. The summed E-state index contributed by atoms with van der Waals surface area (Å²) in [5.74, 6) is 0.691. The summed E-state index contributed by atoms with van der Waals surface area (Å²) in [6.45, 7) is 5.50. The van der Waals surface area contributed by atoms with Crippen molar-refractivity contribution in [1.29, 1.82) is 0 Å². The van der Waals surface area contributed by atoms with E-state index in [1.54, 1.807) is 0 Å². The number of aryl methyl sites for hydroxylation is 1. The van der Waals surface area contributed by atoms with Crippen LogP contribution in [0.3, 0.4) is 0 Å². The van der Waals surface area contributed by atoms with Crippen molar-refractivity contribution in [2.45, 2.75) is 51.7 Å². The molecule has 19 heavy (non-hydrogen) atoms. The molecular formula is C17H27NO. The molecule has 0 saturated carbocycles. The maximum Gasteiger partial charge on any atom is 0.0546 e. The highest BCUT2D eigenvalue weighted by molar-refractivity contribution is 5.33. The highest BCUT2D eigenvalue weighted by Crippen LogP contribution is 2.37. The molecule has 0 aromatic heterocycles. The monoisotopic (exact) mass is 261 g/mol. The average Bonchev–Trinajstić information content (AvgIpc) is 2.45. The fraction of sp³-hybridized carbons (Fsp3) is 0.647. The zero-order chi connectivity index (χ0) is 13.7. The smallest absolute Gasteiger partial charge is 0.0546 e. The van der Waals surface area contributed by atoms with E-state index in [1.807, 2.05) is 7.11 Å². The Bertz CT molecular complexity index is 391. The van der Waals surface area contributed by atoms with Crippen LogP contribution in [0.5, 0.6) is 0 Å². The molecule has 1 aromatic rings. The van der Waals surface area contributed by atoms with E-state index < -0.39 is 0 Å². The summed E-state index contributed by atoms with van der Waals surface area (Å²) in [5.41, 5.74) is 3.04. The number of rotatable bonds is 6. The van der Waals surface area contributed by atoms with Crippen molar-refractivity contribution < 1.29 is 4.74 Å². The lowest BCUT2D eigenvalue weighted by atomic mass is 9.77. The molecule has 1 aliphatic rings. The van der Waals surface area contributed by atoms with Gasteiger partial charge in [0.1, 0.15) is 0 Å². The minimum absolute atomic E-state index is 0.348. The van der Waals surface area contributed by atoms with Crippen molar-refractivity contribution in [2.24, 2.45) is 5.92 Å². The van der Waals surface area contributed by atoms with Crippen LogP contribution < -0.4 is 5.32 Å². The van der Waals surface area contributed by atoms with Gasteiger partial charge in [0.2, 0.25) is 0 Å². The van der Waals surface area contributed by atoms with Gasteiger partial charge in [0.25, 0.3) is 0 Å². The Kier molecular flexibility index (Phi) is 5.41. The number of nitrogens with one attached hydrogen (secondary N) is 1. The summed E-state index contributed by atoms with van der Waals surface area (Å²) in [4.78, 5) is 0. The third kappa shape index (κ3) is 3.58. The van der Waals surface area contributed by atoms with Crippen LogP contribution in [0.4, 0.5) is 0 Å². The first kappa shape index (κ1) is 14.5. The van der Waals surface area contributed by atoms with Gasteiger partial charge in [-0.25, -0.2) is 0 Å². The number of hydrogen-bond acceptors (Lipinski definition) is 2. The van der Waals surface area contributed by atoms with Gasteiger partial charge < -0.3 is 10.1 Å². The molecule has 0 radical (unpaired) electrons. The van der Waals surface area contributed by atoms with E-state index in [4.69, 9.17) is 4.74 Å². The molecule has 1 N–H and O–H groups in total. The van der Waals surface area contributed by atoms with Crippen molar-refractivity contribution in [3.8, 4) is 0 Å². The lowest BCUT2D eigenvalue weighted by molar-refractivity contribution is 0.0837. The van der Waals surface area contributed by atoms with Crippen LogP contribution in [0.15, 0.2) is 24.3 Å². The summed E-state index contributed by atoms with van der Waals surface area (Å²) >= 11 is 0. The molecule has 1 aromatic carbocycles. The number of fused-ring (bicyclic) bond motifs is 1. The minimum Gasteiger partial charge on any atom is -0.382 e. The third-order valence-corrected chi connectivity index (χ3v) is 4.30. The molecule has 0 aliphatic heterocycles. The van der Waals surface area contributed by atoms with E-state index in [1.165, 1.54) is 30.4 Å². The summed E-state index contributed by atoms with van der Waals surface area (Å²) in [6, 6.07) is 9.41. The van der Waals surface area contributed by atoms with Gasteiger partial charge in [-0.3, -0.25) is 0 Å². The number of benzene rings is 1. The highest BCUT2D eigenvalue weighted by Gasteiger charge is 2.29. The van der Waals surface area contributed by atoms with Gasteiger partial charge in [-0.2, -0.15) is 0 Å². The van der Waals surface area contributed by atoms with Crippen molar-refractivity contribution in [3.05, 3.63) is 35.4 Å². The minimum atomic E-state index is 0.348. The molecule has 0 bridgehead atoms. The Morgan fingerprint density at radius 1 is 1.37 bits per heavy atom.